The van der Waals surface area contributed by atoms with Gasteiger partial charge < -0.3 is 26.2 Å². The third kappa shape index (κ3) is 1.84. The molecule has 102 valence electrons. The third-order valence-electron chi connectivity index (χ3n) is 3.47. The molecule has 2 aromatic heterocycles. The Labute approximate surface area is 113 Å². The fourth-order valence-electron chi connectivity index (χ4n) is 2.47. The van der Waals surface area contributed by atoms with Crippen molar-refractivity contribution >= 4 is 28.6 Å². The number of nitrogens with two attached hydrogens (primary N) is 2. The Hall–Kier alpha value is -1.48. The Kier molecular flexibility index (Phi) is 2.82. The molecule has 1 saturated carbocycles. The molecule has 0 amide bonds. The van der Waals surface area contributed by atoms with Crippen LogP contribution < -0.4 is 11.5 Å². The maximum absolute atomic E-state index is 10.0. The van der Waals surface area contributed by atoms with Crippen LogP contribution >= 0.6 is 11.6 Å². The molecular formula is C10H13ClN6O2. The van der Waals surface area contributed by atoms with Gasteiger partial charge in [0.05, 0.1) is 18.5 Å². The summed E-state index contributed by atoms with van der Waals surface area (Å²) in [5.74, 6) is 0.172. The van der Waals surface area contributed by atoms with E-state index in [1.165, 1.54) is 6.33 Å². The average Bonchev–Trinajstić information content (AvgIpc) is 2.86. The first-order valence-electron chi connectivity index (χ1n) is 5.76. The molecule has 1 aliphatic carbocycles. The number of aromatic nitrogens is 4. The molecule has 8 nitrogen and oxygen atoms in total. The zero-order chi connectivity index (χ0) is 13.7. The largest absolute Gasteiger partial charge is 0.389 e. The van der Waals surface area contributed by atoms with Crippen molar-refractivity contribution in [2.24, 2.45) is 5.73 Å². The van der Waals surface area contributed by atoms with Gasteiger partial charge >= 0.3 is 0 Å². The maximum Gasteiger partial charge on any atom is 0.226 e. The molecular weight excluding hydrogens is 272 g/mol. The lowest BCUT2D eigenvalue weighted by Crippen LogP contribution is -2.35. The van der Waals surface area contributed by atoms with E-state index < -0.39 is 24.3 Å². The monoisotopic (exact) mass is 284 g/mol. The number of halogens is 1. The van der Waals surface area contributed by atoms with Crippen molar-refractivity contribution in [2.75, 3.05) is 5.73 Å². The van der Waals surface area contributed by atoms with Crippen molar-refractivity contribution in [1.82, 2.24) is 19.5 Å². The second-order valence-corrected chi connectivity index (χ2v) is 4.99. The SMILES string of the molecule is Nc1nc(Cl)nc2c1ncn2C1CC(N)C(O)C1O. The van der Waals surface area contributed by atoms with Gasteiger partial charge in [0.25, 0.3) is 0 Å². The summed E-state index contributed by atoms with van der Waals surface area (Å²) in [5.41, 5.74) is 12.3. The van der Waals surface area contributed by atoms with Gasteiger partial charge in [-0.25, -0.2) is 4.98 Å². The highest BCUT2D eigenvalue weighted by atomic mass is 35.5. The van der Waals surface area contributed by atoms with Crippen molar-refractivity contribution in [1.29, 1.82) is 0 Å². The van der Waals surface area contributed by atoms with Crippen molar-refractivity contribution in [3.05, 3.63) is 11.6 Å². The molecule has 4 unspecified atom stereocenters. The van der Waals surface area contributed by atoms with Gasteiger partial charge in [-0.3, -0.25) is 0 Å². The molecule has 6 N–H and O–H groups in total. The molecule has 0 radical (unpaired) electrons. The van der Waals surface area contributed by atoms with Gasteiger partial charge in [0, 0.05) is 6.04 Å². The van der Waals surface area contributed by atoms with Gasteiger partial charge in [-0.15, -0.1) is 0 Å². The number of hydrogen-bond acceptors (Lipinski definition) is 7. The zero-order valence-electron chi connectivity index (χ0n) is 9.81. The van der Waals surface area contributed by atoms with Gasteiger partial charge in [0.1, 0.15) is 11.6 Å². The lowest BCUT2D eigenvalue weighted by atomic mass is 10.2. The quantitative estimate of drug-likeness (QED) is 0.496. The molecule has 2 heterocycles. The van der Waals surface area contributed by atoms with Gasteiger partial charge in [-0.2, -0.15) is 9.97 Å². The molecule has 2 aromatic rings. The minimum Gasteiger partial charge on any atom is -0.389 e. The molecule has 3 rings (SSSR count). The summed E-state index contributed by atoms with van der Waals surface area (Å²) in [4.78, 5) is 12.0. The summed E-state index contributed by atoms with van der Waals surface area (Å²) in [6.07, 6.45) is -0.0560. The molecule has 0 aliphatic heterocycles. The van der Waals surface area contributed by atoms with Crippen LogP contribution in [0.4, 0.5) is 5.82 Å². The number of nitrogen functional groups attached to an aromatic ring is 1. The number of aliphatic hydroxyl groups excluding tert-OH is 2. The van der Waals surface area contributed by atoms with Gasteiger partial charge in [0.15, 0.2) is 11.5 Å². The van der Waals surface area contributed by atoms with Crippen LogP contribution in [0.5, 0.6) is 0 Å². The fourth-order valence-corrected chi connectivity index (χ4v) is 2.64. The fraction of sp³-hybridized carbons (Fsp3) is 0.500. The number of nitrogens with zero attached hydrogens (tertiary/aromatic N) is 4. The van der Waals surface area contributed by atoms with Gasteiger partial charge in [0.2, 0.25) is 5.28 Å². The van der Waals surface area contributed by atoms with Crippen LogP contribution in [0.2, 0.25) is 5.28 Å². The van der Waals surface area contributed by atoms with E-state index in [-0.39, 0.29) is 11.1 Å². The molecule has 0 saturated heterocycles. The van der Waals surface area contributed by atoms with Crippen molar-refractivity contribution in [3.63, 3.8) is 0 Å². The molecule has 19 heavy (non-hydrogen) atoms. The van der Waals surface area contributed by atoms with Crippen LogP contribution in [0.1, 0.15) is 12.5 Å². The van der Waals surface area contributed by atoms with Crippen molar-refractivity contribution < 1.29 is 10.2 Å². The number of aliphatic hydroxyl groups is 2. The van der Waals surface area contributed by atoms with Crippen LogP contribution in [-0.2, 0) is 0 Å². The minimum absolute atomic E-state index is 0.00378. The molecule has 0 bridgehead atoms. The standard InChI is InChI=1S/C10H13ClN6O2/c11-10-15-8(13)5-9(16-10)17(2-14-5)4-1-3(12)6(18)7(4)19/h2-4,6-7,18-19H,1,12H2,(H2,13,15,16). The average molecular weight is 285 g/mol. The normalized spacial score (nSPS) is 31.2. The second kappa shape index (κ2) is 4.27. The predicted octanol–water partition coefficient (Wildman–Crippen LogP) is -0.944. The highest BCUT2D eigenvalue weighted by Gasteiger charge is 2.41. The van der Waals surface area contributed by atoms with E-state index in [1.54, 1.807) is 4.57 Å². The smallest absolute Gasteiger partial charge is 0.226 e. The van der Waals surface area contributed by atoms with Gasteiger partial charge in [-0.1, -0.05) is 0 Å². The summed E-state index contributed by atoms with van der Waals surface area (Å²) < 4.78 is 1.62. The lowest BCUT2D eigenvalue weighted by Gasteiger charge is -2.17. The first-order chi connectivity index (χ1) is 8.99. The highest BCUT2D eigenvalue weighted by molar-refractivity contribution is 6.28. The summed E-state index contributed by atoms with van der Waals surface area (Å²) in [6.45, 7) is 0. The van der Waals surface area contributed by atoms with Crippen LogP contribution in [0.15, 0.2) is 6.33 Å². The third-order valence-corrected chi connectivity index (χ3v) is 3.64. The summed E-state index contributed by atoms with van der Waals surface area (Å²) >= 11 is 5.77. The summed E-state index contributed by atoms with van der Waals surface area (Å²) in [5, 5.41) is 19.7. The Balaban J connectivity index is 2.11. The molecule has 4 atom stereocenters. The Bertz CT molecular complexity index is 632. The number of fused-ring (bicyclic) bond motifs is 1. The number of rotatable bonds is 1. The number of hydrogen-bond donors (Lipinski definition) is 4. The molecule has 9 heteroatoms. The van der Waals surface area contributed by atoms with Crippen LogP contribution in [0, 0.1) is 0 Å². The first kappa shape index (κ1) is 12.5. The molecule has 1 aliphatic rings. The van der Waals surface area contributed by atoms with Crippen molar-refractivity contribution in [2.45, 2.75) is 30.7 Å². The number of anilines is 1. The molecule has 1 fully saturated rings. The first-order valence-corrected chi connectivity index (χ1v) is 6.14. The summed E-state index contributed by atoms with van der Waals surface area (Å²) in [7, 11) is 0. The van der Waals surface area contributed by atoms with E-state index in [9.17, 15) is 10.2 Å². The highest BCUT2D eigenvalue weighted by Crippen LogP contribution is 2.32. The summed E-state index contributed by atoms with van der Waals surface area (Å²) in [6, 6.07) is -0.910. The molecule has 0 aromatic carbocycles. The Morgan fingerprint density at radius 3 is 2.68 bits per heavy atom. The number of imidazole rings is 1. The van der Waals surface area contributed by atoms with E-state index in [1.807, 2.05) is 0 Å². The lowest BCUT2D eigenvalue weighted by molar-refractivity contribution is 0.0187. The maximum atomic E-state index is 10.0. The van der Waals surface area contributed by atoms with Crippen molar-refractivity contribution in [3.8, 4) is 0 Å². The Morgan fingerprint density at radius 1 is 1.32 bits per heavy atom. The second-order valence-electron chi connectivity index (χ2n) is 4.65. The Morgan fingerprint density at radius 2 is 2.05 bits per heavy atom. The van der Waals surface area contributed by atoms with E-state index in [0.29, 0.717) is 17.6 Å². The topological polar surface area (TPSA) is 136 Å². The van der Waals surface area contributed by atoms with Crippen LogP contribution in [0.25, 0.3) is 11.2 Å². The van der Waals surface area contributed by atoms with Crippen LogP contribution in [-0.4, -0.2) is 48.0 Å². The van der Waals surface area contributed by atoms with E-state index in [0.717, 1.165) is 0 Å². The van der Waals surface area contributed by atoms with E-state index in [4.69, 9.17) is 23.1 Å². The van der Waals surface area contributed by atoms with Crippen LogP contribution in [0.3, 0.4) is 0 Å². The van der Waals surface area contributed by atoms with E-state index >= 15 is 0 Å². The van der Waals surface area contributed by atoms with E-state index in [2.05, 4.69) is 15.0 Å². The molecule has 0 spiro atoms. The predicted molar refractivity (Wildman–Crippen MR) is 68.4 cm³/mol. The zero-order valence-corrected chi connectivity index (χ0v) is 10.6. The van der Waals surface area contributed by atoms with Gasteiger partial charge in [-0.05, 0) is 18.0 Å². The minimum atomic E-state index is -0.984.